The first-order valence-corrected chi connectivity index (χ1v) is 11.5. The highest BCUT2D eigenvalue weighted by Crippen LogP contribution is 2.26. The summed E-state index contributed by atoms with van der Waals surface area (Å²) in [5, 5.41) is 0.913. The Morgan fingerprint density at radius 2 is 1.83 bits per heavy atom. The minimum Gasteiger partial charge on any atom is -0.342 e. The van der Waals surface area contributed by atoms with Crippen LogP contribution >= 0.6 is 23.1 Å². The Balaban J connectivity index is 1.44. The topological polar surface area (TPSA) is 53.5 Å². The fourth-order valence-corrected chi connectivity index (χ4v) is 5.40. The number of likely N-dealkylation sites (tertiary alicyclic amines) is 1. The predicted molar refractivity (Wildman–Crippen MR) is 118 cm³/mol. The van der Waals surface area contributed by atoms with Crippen LogP contribution in [0.1, 0.15) is 28.2 Å². The molecule has 0 unspecified atom stereocenters. The number of thioether (sulfide) groups is 1. The monoisotopic (exact) mass is 425 g/mol. The molecule has 4 rings (SSSR count). The molecule has 0 aliphatic carbocycles. The molecule has 0 N–H and O–H groups in total. The quantitative estimate of drug-likeness (QED) is 0.553. The molecule has 1 aliphatic rings. The summed E-state index contributed by atoms with van der Waals surface area (Å²) in [7, 11) is 1.80. The van der Waals surface area contributed by atoms with Gasteiger partial charge in [-0.05, 0) is 37.1 Å². The first-order chi connectivity index (χ1) is 14.1. The van der Waals surface area contributed by atoms with Gasteiger partial charge in [0.1, 0.15) is 5.01 Å². The van der Waals surface area contributed by atoms with Crippen LogP contribution in [0.3, 0.4) is 0 Å². The second-order valence-corrected chi connectivity index (χ2v) is 9.24. The zero-order valence-electron chi connectivity index (χ0n) is 16.3. The van der Waals surface area contributed by atoms with E-state index in [4.69, 9.17) is 0 Å². The Labute approximate surface area is 178 Å². The van der Waals surface area contributed by atoms with Gasteiger partial charge in [0.25, 0.3) is 5.91 Å². The molecular weight excluding hydrogens is 402 g/mol. The van der Waals surface area contributed by atoms with Gasteiger partial charge in [0.15, 0.2) is 0 Å². The van der Waals surface area contributed by atoms with Crippen molar-refractivity contribution in [2.24, 2.45) is 0 Å². The summed E-state index contributed by atoms with van der Waals surface area (Å²) >= 11 is 3.06. The molecule has 0 saturated carbocycles. The van der Waals surface area contributed by atoms with Crippen molar-refractivity contribution in [3.63, 3.8) is 0 Å². The van der Waals surface area contributed by atoms with E-state index < -0.39 is 0 Å². The van der Waals surface area contributed by atoms with Crippen LogP contribution in [0, 0.1) is 0 Å². The summed E-state index contributed by atoms with van der Waals surface area (Å²) in [6.07, 6.45) is 2.17. The van der Waals surface area contributed by atoms with E-state index in [-0.39, 0.29) is 11.8 Å². The maximum Gasteiger partial charge on any atom is 0.255 e. The van der Waals surface area contributed by atoms with E-state index in [1.165, 1.54) is 11.8 Å². The van der Waals surface area contributed by atoms with E-state index >= 15 is 0 Å². The summed E-state index contributed by atoms with van der Waals surface area (Å²) < 4.78 is 1.12. The number of rotatable bonds is 6. The van der Waals surface area contributed by atoms with Gasteiger partial charge in [-0.3, -0.25) is 9.59 Å². The van der Waals surface area contributed by atoms with Crippen LogP contribution in [-0.4, -0.2) is 52.5 Å². The van der Waals surface area contributed by atoms with Crippen LogP contribution in [0.5, 0.6) is 0 Å². The molecule has 0 bridgehead atoms. The van der Waals surface area contributed by atoms with Gasteiger partial charge in [-0.15, -0.1) is 23.1 Å². The summed E-state index contributed by atoms with van der Waals surface area (Å²) in [4.78, 5) is 34.5. The van der Waals surface area contributed by atoms with Crippen molar-refractivity contribution in [1.29, 1.82) is 0 Å². The smallest absolute Gasteiger partial charge is 0.255 e. The van der Waals surface area contributed by atoms with E-state index in [2.05, 4.69) is 4.98 Å². The first-order valence-electron chi connectivity index (χ1n) is 9.71. The highest BCUT2D eigenvalue weighted by molar-refractivity contribution is 8.00. The molecule has 150 valence electrons. The molecule has 1 saturated heterocycles. The standard InChI is InChI=1S/C22H23N3O2S2/c1-24(14-20-23-17-9-3-5-11-19(17)29-20)22(27)16-8-2-4-10-18(16)28-15-21(26)25-12-6-7-13-25/h2-5,8-11H,6-7,12-15H2,1H3. The molecule has 7 heteroatoms. The number of fused-ring (bicyclic) bond motifs is 1. The van der Waals surface area contributed by atoms with E-state index in [0.29, 0.717) is 17.9 Å². The van der Waals surface area contributed by atoms with Crippen LogP contribution in [0.2, 0.25) is 0 Å². The maximum atomic E-state index is 13.1. The molecule has 2 aromatic carbocycles. The number of carbonyl (C=O) groups is 2. The van der Waals surface area contributed by atoms with E-state index in [9.17, 15) is 9.59 Å². The fourth-order valence-electron chi connectivity index (χ4n) is 3.43. The van der Waals surface area contributed by atoms with Gasteiger partial charge in [-0.2, -0.15) is 0 Å². The number of benzene rings is 2. The van der Waals surface area contributed by atoms with Gasteiger partial charge in [0.2, 0.25) is 5.91 Å². The van der Waals surface area contributed by atoms with Crippen LogP contribution in [-0.2, 0) is 11.3 Å². The van der Waals surface area contributed by atoms with E-state index in [1.54, 1.807) is 23.3 Å². The van der Waals surface area contributed by atoms with Crippen molar-refractivity contribution in [2.45, 2.75) is 24.3 Å². The molecule has 2 amide bonds. The Bertz CT molecular complexity index is 995. The van der Waals surface area contributed by atoms with E-state index in [0.717, 1.165) is 46.1 Å². The minimum atomic E-state index is -0.0547. The van der Waals surface area contributed by atoms with Crippen molar-refractivity contribution in [3.05, 3.63) is 59.1 Å². The van der Waals surface area contributed by atoms with Gasteiger partial charge >= 0.3 is 0 Å². The molecule has 1 aromatic heterocycles. The maximum absolute atomic E-state index is 13.1. The Morgan fingerprint density at radius 3 is 2.62 bits per heavy atom. The number of hydrogen-bond acceptors (Lipinski definition) is 5. The first kappa shape index (κ1) is 19.9. The molecule has 3 aromatic rings. The zero-order valence-corrected chi connectivity index (χ0v) is 18.0. The summed E-state index contributed by atoms with van der Waals surface area (Å²) in [6.45, 7) is 2.17. The number of hydrogen-bond donors (Lipinski definition) is 0. The third kappa shape index (κ3) is 4.62. The fraction of sp³-hybridized carbons (Fsp3) is 0.318. The predicted octanol–water partition coefficient (Wildman–Crippen LogP) is 4.28. The molecule has 0 atom stereocenters. The number of aromatic nitrogens is 1. The lowest BCUT2D eigenvalue weighted by Gasteiger charge is -2.18. The third-order valence-corrected chi connectivity index (χ3v) is 7.06. The molecular formula is C22H23N3O2S2. The van der Waals surface area contributed by atoms with Gasteiger partial charge < -0.3 is 9.80 Å². The van der Waals surface area contributed by atoms with Crippen LogP contribution in [0.15, 0.2) is 53.4 Å². The largest absolute Gasteiger partial charge is 0.342 e. The molecule has 2 heterocycles. The van der Waals surface area contributed by atoms with Crippen LogP contribution < -0.4 is 0 Å². The van der Waals surface area contributed by atoms with Gasteiger partial charge in [-0.1, -0.05) is 24.3 Å². The molecule has 1 fully saturated rings. The van der Waals surface area contributed by atoms with Gasteiger partial charge in [0, 0.05) is 25.0 Å². The Morgan fingerprint density at radius 1 is 1.10 bits per heavy atom. The Hall–Kier alpha value is -2.38. The summed E-state index contributed by atoms with van der Waals surface area (Å²) in [5.41, 5.74) is 1.60. The number of amides is 2. The van der Waals surface area contributed by atoms with Crippen molar-refractivity contribution in [2.75, 3.05) is 25.9 Å². The van der Waals surface area contributed by atoms with E-state index in [1.807, 2.05) is 53.4 Å². The average Bonchev–Trinajstić information content (AvgIpc) is 3.41. The zero-order chi connectivity index (χ0) is 20.2. The van der Waals surface area contributed by atoms with Crippen molar-refractivity contribution in [1.82, 2.24) is 14.8 Å². The molecule has 1 aliphatic heterocycles. The molecule has 29 heavy (non-hydrogen) atoms. The second kappa shape index (κ2) is 8.97. The van der Waals surface area contributed by atoms with Crippen molar-refractivity contribution in [3.8, 4) is 0 Å². The lowest BCUT2D eigenvalue weighted by molar-refractivity contribution is -0.127. The minimum absolute atomic E-state index is 0.0547. The Kier molecular flexibility index (Phi) is 6.16. The number of nitrogens with zero attached hydrogens (tertiary/aromatic N) is 3. The van der Waals surface area contributed by atoms with Gasteiger partial charge in [0.05, 0.1) is 28.1 Å². The van der Waals surface area contributed by atoms with Gasteiger partial charge in [-0.25, -0.2) is 4.98 Å². The highest BCUT2D eigenvalue weighted by Gasteiger charge is 2.21. The lowest BCUT2D eigenvalue weighted by atomic mass is 10.2. The summed E-state index contributed by atoms with van der Waals surface area (Å²) in [5.74, 6) is 0.463. The third-order valence-electron chi connectivity index (χ3n) is 4.98. The highest BCUT2D eigenvalue weighted by atomic mass is 32.2. The van der Waals surface area contributed by atoms with Crippen molar-refractivity contribution < 1.29 is 9.59 Å². The van der Waals surface area contributed by atoms with Crippen LogP contribution in [0.4, 0.5) is 0 Å². The normalized spacial score (nSPS) is 13.8. The second-order valence-electron chi connectivity index (χ2n) is 7.11. The number of carbonyl (C=O) groups excluding carboxylic acids is 2. The lowest BCUT2D eigenvalue weighted by Crippen LogP contribution is -2.29. The van der Waals surface area contributed by atoms with Crippen molar-refractivity contribution >= 4 is 45.1 Å². The molecule has 0 spiro atoms. The SMILES string of the molecule is CN(Cc1nc2ccccc2s1)C(=O)c1ccccc1SCC(=O)N1CCCC1. The van der Waals surface area contributed by atoms with Crippen LogP contribution in [0.25, 0.3) is 10.2 Å². The average molecular weight is 426 g/mol. The number of thiazole rings is 1. The molecule has 0 radical (unpaired) electrons. The molecule has 5 nitrogen and oxygen atoms in total. The number of para-hydroxylation sites is 1. The summed E-state index contributed by atoms with van der Waals surface area (Å²) in [6, 6.07) is 15.5.